The molecule has 4 rings (SSSR count). The van der Waals surface area contributed by atoms with Crippen LogP contribution in [-0.2, 0) is 13.0 Å². The number of aromatic nitrogens is 6. The molecule has 0 bridgehead atoms. The third-order valence-electron chi connectivity index (χ3n) is 4.96. The van der Waals surface area contributed by atoms with Gasteiger partial charge in [0.15, 0.2) is 0 Å². The molecule has 0 saturated carbocycles. The van der Waals surface area contributed by atoms with E-state index in [-0.39, 0.29) is 6.04 Å². The highest BCUT2D eigenvalue weighted by atomic mass is 15.3. The standard InChI is InChI=1S/C22H24N6/c1-4-27-14-20(17(3)26-27)22-21(18-8-6-5-7-9-18)25-15-28(22)16(2)12-19-13-23-10-11-24-19/h5-11,13-16H,4,12H2,1-3H3/t16-/m1/s1. The Morgan fingerprint density at radius 2 is 1.89 bits per heavy atom. The zero-order chi connectivity index (χ0) is 19.5. The molecule has 142 valence electrons. The van der Waals surface area contributed by atoms with E-state index < -0.39 is 0 Å². The SMILES string of the molecule is CCn1cc(-c2c(-c3ccccc3)ncn2[C@H](C)Cc2cnccn2)c(C)n1. The second kappa shape index (κ2) is 7.76. The minimum atomic E-state index is 0.182. The first kappa shape index (κ1) is 18.1. The van der Waals surface area contributed by atoms with Gasteiger partial charge in [-0.25, -0.2) is 4.98 Å². The highest BCUT2D eigenvalue weighted by Crippen LogP contribution is 2.35. The summed E-state index contributed by atoms with van der Waals surface area (Å²) < 4.78 is 4.21. The van der Waals surface area contributed by atoms with E-state index in [9.17, 15) is 0 Å². The van der Waals surface area contributed by atoms with Gasteiger partial charge in [0.25, 0.3) is 0 Å². The van der Waals surface area contributed by atoms with Gasteiger partial charge in [-0.3, -0.25) is 14.6 Å². The van der Waals surface area contributed by atoms with Crippen LogP contribution in [0.25, 0.3) is 22.5 Å². The molecule has 0 N–H and O–H groups in total. The van der Waals surface area contributed by atoms with E-state index in [1.54, 1.807) is 12.4 Å². The van der Waals surface area contributed by atoms with Gasteiger partial charge in [0.2, 0.25) is 0 Å². The first-order valence-electron chi connectivity index (χ1n) is 9.59. The van der Waals surface area contributed by atoms with Crippen molar-refractivity contribution in [1.29, 1.82) is 0 Å². The number of nitrogens with zero attached hydrogens (tertiary/aromatic N) is 6. The minimum absolute atomic E-state index is 0.182. The van der Waals surface area contributed by atoms with Gasteiger partial charge in [-0.1, -0.05) is 30.3 Å². The number of hydrogen-bond donors (Lipinski definition) is 0. The van der Waals surface area contributed by atoms with Crippen molar-refractivity contribution in [3.8, 4) is 22.5 Å². The average molecular weight is 372 g/mol. The van der Waals surface area contributed by atoms with Crippen LogP contribution in [0.1, 0.15) is 31.3 Å². The van der Waals surface area contributed by atoms with Gasteiger partial charge in [-0.15, -0.1) is 0 Å². The summed E-state index contributed by atoms with van der Waals surface area (Å²) in [6, 6.07) is 10.5. The zero-order valence-electron chi connectivity index (χ0n) is 16.4. The fourth-order valence-corrected chi connectivity index (χ4v) is 3.52. The fourth-order valence-electron chi connectivity index (χ4n) is 3.52. The smallest absolute Gasteiger partial charge is 0.0964 e. The maximum atomic E-state index is 4.79. The molecule has 0 aliphatic heterocycles. The summed E-state index contributed by atoms with van der Waals surface area (Å²) in [6.07, 6.45) is 10.1. The van der Waals surface area contributed by atoms with Crippen molar-refractivity contribution < 1.29 is 0 Å². The van der Waals surface area contributed by atoms with Gasteiger partial charge >= 0.3 is 0 Å². The lowest BCUT2D eigenvalue weighted by Gasteiger charge is -2.17. The molecule has 3 heterocycles. The predicted molar refractivity (Wildman–Crippen MR) is 110 cm³/mol. The van der Waals surface area contributed by atoms with Crippen LogP contribution in [0.4, 0.5) is 0 Å². The third kappa shape index (κ3) is 3.45. The lowest BCUT2D eigenvalue weighted by Crippen LogP contribution is -2.10. The van der Waals surface area contributed by atoms with Crippen LogP contribution >= 0.6 is 0 Å². The number of aryl methyl sites for hydroxylation is 2. The summed E-state index contributed by atoms with van der Waals surface area (Å²) in [7, 11) is 0. The van der Waals surface area contributed by atoms with Crippen LogP contribution in [0.15, 0.2) is 61.4 Å². The first-order valence-corrected chi connectivity index (χ1v) is 9.59. The van der Waals surface area contributed by atoms with E-state index in [1.165, 1.54) is 0 Å². The lowest BCUT2D eigenvalue weighted by atomic mass is 10.0. The quantitative estimate of drug-likeness (QED) is 0.505. The van der Waals surface area contributed by atoms with Crippen molar-refractivity contribution in [3.63, 3.8) is 0 Å². The fraction of sp³-hybridized carbons (Fsp3) is 0.273. The lowest BCUT2D eigenvalue weighted by molar-refractivity contribution is 0.541. The molecule has 0 aliphatic carbocycles. The largest absolute Gasteiger partial charge is 0.327 e. The normalized spacial score (nSPS) is 12.2. The Hall–Kier alpha value is -3.28. The van der Waals surface area contributed by atoms with Crippen molar-refractivity contribution in [2.45, 2.75) is 39.8 Å². The Morgan fingerprint density at radius 3 is 2.57 bits per heavy atom. The third-order valence-corrected chi connectivity index (χ3v) is 4.96. The highest BCUT2D eigenvalue weighted by molar-refractivity contribution is 5.79. The Balaban J connectivity index is 1.82. The summed E-state index contributed by atoms with van der Waals surface area (Å²) >= 11 is 0. The highest BCUT2D eigenvalue weighted by Gasteiger charge is 2.22. The van der Waals surface area contributed by atoms with E-state index in [1.807, 2.05) is 35.4 Å². The molecule has 3 aromatic heterocycles. The van der Waals surface area contributed by atoms with Crippen LogP contribution < -0.4 is 0 Å². The van der Waals surface area contributed by atoms with E-state index >= 15 is 0 Å². The maximum absolute atomic E-state index is 4.79. The summed E-state index contributed by atoms with van der Waals surface area (Å²) in [4.78, 5) is 13.4. The van der Waals surface area contributed by atoms with Crippen molar-refractivity contribution in [3.05, 3.63) is 72.8 Å². The van der Waals surface area contributed by atoms with Crippen molar-refractivity contribution in [2.24, 2.45) is 0 Å². The monoisotopic (exact) mass is 372 g/mol. The van der Waals surface area contributed by atoms with Crippen molar-refractivity contribution in [2.75, 3.05) is 0 Å². The zero-order valence-corrected chi connectivity index (χ0v) is 16.4. The summed E-state index contributed by atoms with van der Waals surface area (Å²) in [5.74, 6) is 0. The molecular formula is C22H24N6. The Labute approximate surface area is 164 Å². The van der Waals surface area contributed by atoms with Crippen LogP contribution in [0.2, 0.25) is 0 Å². The van der Waals surface area contributed by atoms with Crippen molar-refractivity contribution >= 4 is 0 Å². The molecular weight excluding hydrogens is 348 g/mol. The van der Waals surface area contributed by atoms with Gasteiger partial charge < -0.3 is 4.57 Å². The summed E-state index contributed by atoms with van der Waals surface area (Å²) in [5, 5.41) is 4.66. The molecule has 28 heavy (non-hydrogen) atoms. The molecule has 0 aliphatic rings. The molecule has 0 radical (unpaired) electrons. The molecule has 0 fully saturated rings. The number of hydrogen-bond acceptors (Lipinski definition) is 4. The van der Waals surface area contributed by atoms with Gasteiger partial charge in [0, 0.05) is 54.9 Å². The van der Waals surface area contributed by atoms with Gasteiger partial charge in [-0.05, 0) is 20.8 Å². The predicted octanol–water partition coefficient (Wildman–Crippen LogP) is 4.34. The van der Waals surface area contributed by atoms with Crippen LogP contribution in [0, 0.1) is 6.92 Å². The molecule has 6 heteroatoms. The minimum Gasteiger partial charge on any atom is -0.327 e. The Bertz CT molecular complexity index is 1050. The van der Waals surface area contributed by atoms with Gasteiger partial charge in [-0.2, -0.15) is 5.10 Å². The molecule has 6 nitrogen and oxygen atoms in total. The molecule has 1 aromatic carbocycles. The summed E-state index contributed by atoms with van der Waals surface area (Å²) in [6.45, 7) is 7.18. The van der Waals surface area contributed by atoms with E-state index in [2.05, 4.69) is 58.7 Å². The summed E-state index contributed by atoms with van der Waals surface area (Å²) in [5.41, 5.74) is 6.27. The van der Waals surface area contributed by atoms with Gasteiger partial charge in [0.1, 0.15) is 0 Å². The molecule has 0 saturated heterocycles. The van der Waals surface area contributed by atoms with E-state index in [0.29, 0.717) is 0 Å². The van der Waals surface area contributed by atoms with E-state index in [0.717, 1.165) is 46.9 Å². The Morgan fingerprint density at radius 1 is 1.07 bits per heavy atom. The second-order valence-electron chi connectivity index (χ2n) is 6.95. The van der Waals surface area contributed by atoms with Gasteiger partial charge in [0.05, 0.1) is 29.1 Å². The number of rotatable bonds is 6. The number of imidazole rings is 1. The average Bonchev–Trinajstić information content (AvgIpc) is 3.32. The second-order valence-corrected chi connectivity index (χ2v) is 6.95. The topological polar surface area (TPSA) is 61.4 Å². The molecule has 0 spiro atoms. The van der Waals surface area contributed by atoms with Crippen molar-refractivity contribution in [1.82, 2.24) is 29.3 Å². The van der Waals surface area contributed by atoms with Crippen LogP contribution in [-0.4, -0.2) is 29.3 Å². The number of benzene rings is 1. The Kier molecular flexibility index (Phi) is 5.02. The molecule has 4 aromatic rings. The van der Waals surface area contributed by atoms with Crippen LogP contribution in [0.3, 0.4) is 0 Å². The van der Waals surface area contributed by atoms with Crippen LogP contribution in [0.5, 0.6) is 0 Å². The van der Waals surface area contributed by atoms with E-state index in [4.69, 9.17) is 4.98 Å². The molecule has 0 amide bonds. The molecule has 0 unspecified atom stereocenters. The first-order chi connectivity index (χ1) is 13.7. The maximum Gasteiger partial charge on any atom is 0.0964 e. The molecule has 1 atom stereocenters.